The summed E-state index contributed by atoms with van der Waals surface area (Å²) in [7, 11) is -1.42. The van der Waals surface area contributed by atoms with Gasteiger partial charge in [-0.15, -0.1) is 0 Å². The number of anilines is 1. The molecule has 0 radical (unpaired) electrons. The van der Waals surface area contributed by atoms with Crippen molar-refractivity contribution in [3.8, 4) is 5.75 Å². The minimum absolute atomic E-state index is 0.0188. The molecule has 4 rings (SSSR count). The predicted octanol–water partition coefficient (Wildman–Crippen LogP) is 2.66. The highest BCUT2D eigenvalue weighted by atomic mass is 32.2. The molecule has 1 amide bonds. The summed E-state index contributed by atoms with van der Waals surface area (Å²) in [5.74, 6) is 1.09. The van der Waals surface area contributed by atoms with Gasteiger partial charge in [0.1, 0.15) is 5.75 Å². The van der Waals surface area contributed by atoms with E-state index in [2.05, 4.69) is 13.0 Å². The molecule has 2 aromatic carbocycles. The smallest absolute Gasteiger partial charge is 0.241 e. The van der Waals surface area contributed by atoms with Crippen LogP contribution in [-0.4, -0.2) is 56.5 Å². The Morgan fingerprint density at radius 1 is 1.17 bits per heavy atom. The molecule has 2 aliphatic rings. The molecule has 0 spiro atoms. The van der Waals surface area contributed by atoms with Gasteiger partial charge in [0.15, 0.2) is 9.84 Å². The second-order valence-corrected chi connectivity index (χ2v) is 10.5. The standard InChI is InChI=1S/C23H28N2O4S/c1-17-13-19-5-3-4-6-22(19)25(17)23(26)15-24(20-11-12-30(27,28)16-20)14-18-7-9-21(29-2)10-8-18/h3-10,17,20H,11-16H2,1-2H3/t17-,20-/m0/s1. The SMILES string of the molecule is COc1ccc(CN(CC(=O)N2c3ccccc3C[C@@H]2C)[C@H]2CCS(=O)(=O)C2)cc1. The van der Waals surface area contributed by atoms with Gasteiger partial charge in [-0.2, -0.15) is 0 Å². The number of rotatable bonds is 6. The topological polar surface area (TPSA) is 66.9 Å². The largest absolute Gasteiger partial charge is 0.497 e. The van der Waals surface area contributed by atoms with Crippen LogP contribution in [0.4, 0.5) is 5.69 Å². The number of para-hydroxylation sites is 1. The maximum atomic E-state index is 13.4. The van der Waals surface area contributed by atoms with Gasteiger partial charge >= 0.3 is 0 Å². The van der Waals surface area contributed by atoms with Crippen molar-refractivity contribution in [1.82, 2.24) is 4.90 Å². The zero-order chi connectivity index (χ0) is 21.3. The van der Waals surface area contributed by atoms with Gasteiger partial charge in [0.25, 0.3) is 0 Å². The monoisotopic (exact) mass is 428 g/mol. The van der Waals surface area contributed by atoms with Gasteiger partial charge in [0.2, 0.25) is 5.91 Å². The molecule has 30 heavy (non-hydrogen) atoms. The van der Waals surface area contributed by atoms with E-state index in [4.69, 9.17) is 4.74 Å². The Morgan fingerprint density at radius 3 is 2.57 bits per heavy atom. The average Bonchev–Trinajstić information content (AvgIpc) is 3.26. The molecule has 0 aliphatic carbocycles. The zero-order valence-corrected chi connectivity index (χ0v) is 18.3. The van der Waals surface area contributed by atoms with Gasteiger partial charge in [-0.3, -0.25) is 9.69 Å². The first-order valence-corrected chi connectivity index (χ1v) is 12.2. The molecule has 2 aliphatic heterocycles. The highest BCUT2D eigenvalue weighted by Gasteiger charge is 2.36. The molecule has 0 unspecified atom stereocenters. The van der Waals surface area contributed by atoms with Crippen LogP contribution in [0.2, 0.25) is 0 Å². The fourth-order valence-electron chi connectivity index (χ4n) is 4.54. The van der Waals surface area contributed by atoms with Crippen molar-refractivity contribution in [3.63, 3.8) is 0 Å². The second-order valence-electron chi connectivity index (χ2n) is 8.26. The fourth-order valence-corrected chi connectivity index (χ4v) is 6.30. The third kappa shape index (κ3) is 4.37. The lowest BCUT2D eigenvalue weighted by molar-refractivity contribution is -0.120. The van der Waals surface area contributed by atoms with Crippen LogP contribution >= 0.6 is 0 Å². The Morgan fingerprint density at radius 2 is 1.90 bits per heavy atom. The van der Waals surface area contributed by atoms with Gasteiger partial charge in [0, 0.05) is 24.3 Å². The van der Waals surface area contributed by atoms with Crippen molar-refractivity contribution < 1.29 is 17.9 Å². The molecule has 0 N–H and O–H groups in total. The van der Waals surface area contributed by atoms with Crippen LogP contribution in [0, 0.1) is 0 Å². The van der Waals surface area contributed by atoms with Gasteiger partial charge in [-0.25, -0.2) is 8.42 Å². The van der Waals surface area contributed by atoms with Crippen LogP contribution in [0.1, 0.15) is 24.5 Å². The van der Waals surface area contributed by atoms with Crippen LogP contribution in [0.5, 0.6) is 5.75 Å². The molecule has 2 heterocycles. The van der Waals surface area contributed by atoms with E-state index in [0.29, 0.717) is 13.0 Å². The summed E-state index contributed by atoms with van der Waals surface area (Å²) in [6.45, 7) is 2.79. The Hall–Kier alpha value is -2.38. The second kappa shape index (κ2) is 8.40. The number of benzene rings is 2. The summed E-state index contributed by atoms with van der Waals surface area (Å²) >= 11 is 0. The fraction of sp³-hybridized carbons (Fsp3) is 0.435. The van der Waals surface area contributed by atoms with Crippen LogP contribution < -0.4 is 9.64 Å². The molecule has 160 valence electrons. The first-order valence-electron chi connectivity index (χ1n) is 10.3. The molecule has 6 nitrogen and oxygen atoms in total. The van der Waals surface area contributed by atoms with Crippen molar-refractivity contribution >= 4 is 21.4 Å². The lowest BCUT2D eigenvalue weighted by Crippen LogP contribution is -2.46. The third-order valence-electron chi connectivity index (χ3n) is 6.08. The van der Waals surface area contributed by atoms with E-state index in [0.717, 1.165) is 23.4 Å². The number of fused-ring (bicyclic) bond motifs is 1. The lowest BCUT2D eigenvalue weighted by atomic mass is 10.1. The van der Waals surface area contributed by atoms with Crippen LogP contribution in [0.3, 0.4) is 0 Å². The number of ether oxygens (including phenoxy) is 1. The number of carbonyl (C=O) groups excluding carboxylic acids is 1. The zero-order valence-electron chi connectivity index (χ0n) is 17.5. The Bertz CT molecular complexity index is 1020. The number of carbonyl (C=O) groups is 1. The minimum Gasteiger partial charge on any atom is -0.497 e. The summed E-state index contributed by atoms with van der Waals surface area (Å²) in [4.78, 5) is 17.3. The van der Waals surface area contributed by atoms with Crippen LogP contribution in [-0.2, 0) is 27.6 Å². The molecule has 7 heteroatoms. The summed E-state index contributed by atoms with van der Waals surface area (Å²) in [5.41, 5.74) is 3.18. The lowest BCUT2D eigenvalue weighted by Gasteiger charge is -2.31. The van der Waals surface area contributed by atoms with E-state index in [1.54, 1.807) is 7.11 Å². The quantitative estimate of drug-likeness (QED) is 0.708. The summed E-state index contributed by atoms with van der Waals surface area (Å²) in [5, 5.41) is 0. The Labute approximate surface area is 178 Å². The van der Waals surface area contributed by atoms with Crippen molar-refractivity contribution in [2.45, 2.75) is 38.4 Å². The third-order valence-corrected chi connectivity index (χ3v) is 7.83. The van der Waals surface area contributed by atoms with E-state index in [9.17, 15) is 13.2 Å². The summed E-state index contributed by atoms with van der Waals surface area (Å²) in [6, 6.07) is 15.7. The maximum Gasteiger partial charge on any atom is 0.241 e. The van der Waals surface area contributed by atoms with E-state index in [1.165, 1.54) is 5.56 Å². The highest BCUT2D eigenvalue weighted by Crippen LogP contribution is 2.32. The van der Waals surface area contributed by atoms with Crippen molar-refractivity contribution in [2.24, 2.45) is 0 Å². The van der Waals surface area contributed by atoms with E-state index in [-0.39, 0.29) is 36.0 Å². The summed E-state index contributed by atoms with van der Waals surface area (Å²) < 4.78 is 29.4. The van der Waals surface area contributed by atoms with Gasteiger partial charge in [0.05, 0.1) is 25.2 Å². The molecule has 2 atom stereocenters. The minimum atomic E-state index is -3.04. The number of methoxy groups -OCH3 is 1. The van der Waals surface area contributed by atoms with Gasteiger partial charge < -0.3 is 9.64 Å². The molecule has 1 fully saturated rings. The maximum absolute atomic E-state index is 13.4. The van der Waals surface area contributed by atoms with Crippen molar-refractivity contribution in [2.75, 3.05) is 30.1 Å². The molecule has 0 bridgehead atoms. The molecule has 0 saturated carbocycles. The number of hydrogen-bond donors (Lipinski definition) is 0. The van der Waals surface area contributed by atoms with E-state index in [1.807, 2.05) is 52.3 Å². The van der Waals surface area contributed by atoms with Gasteiger partial charge in [-0.05, 0) is 49.1 Å². The first kappa shape index (κ1) is 20.9. The number of nitrogens with zero attached hydrogens (tertiary/aromatic N) is 2. The molecular weight excluding hydrogens is 400 g/mol. The number of sulfone groups is 1. The Kier molecular flexibility index (Phi) is 5.84. The summed E-state index contributed by atoms with van der Waals surface area (Å²) in [6.07, 6.45) is 1.41. The van der Waals surface area contributed by atoms with Crippen LogP contribution in [0.25, 0.3) is 0 Å². The van der Waals surface area contributed by atoms with Crippen molar-refractivity contribution in [3.05, 3.63) is 59.7 Å². The van der Waals surface area contributed by atoms with Crippen molar-refractivity contribution in [1.29, 1.82) is 0 Å². The number of hydrogen-bond acceptors (Lipinski definition) is 5. The Balaban J connectivity index is 1.55. The number of amides is 1. The van der Waals surface area contributed by atoms with E-state index >= 15 is 0 Å². The molecule has 2 aromatic rings. The first-order chi connectivity index (χ1) is 14.4. The molecular formula is C23H28N2O4S. The molecule has 0 aromatic heterocycles. The molecule has 1 saturated heterocycles. The average molecular weight is 429 g/mol. The van der Waals surface area contributed by atoms with E-state index < -0.39 is 9.84 Å². The predicted molar refractivity (Wildman–Crippen MR) is 118 cm³/mol. The van der Waals surface area contributed by atoms with Gasteiger partial charge in [-0.1, -0.05) is 30.3 Å². The van der Waals surface area contributed by atoms with Crippen LogP contribution in [0.15, 0.2) is 48.5 Å². The normalized spacial score (nSPS) is 22.3. The highest BCUT2D eigenvalue weighted by molar-refractivity contribution is 7.91.